The number of amides is 1. The molecule has 2 aliphatic heterocycles. The van der Waals surface area contributed by atoms with Crippen molar-refractivity contribution in [3.63, 3.8) is 0 Å². The Kier molecular flexibility index (Phi) is 13.5. The fourth-order valence-electron chi connectivity index (χ4n) is 2.87. The van der Waals surface area contributed by atoms with E-state index in [0.717, 1.165) is 38.8 Å². The highest BCUT2D eigenvalue weighted by Crippen LogP contribution is 2.24. The van der Waals surface area contributed by atoms with Crippen LogP contribution in [-0.2, 0) is 14.3 Å². The lowest BCUT2D eigenvalue weighted by Crippen LogP contribution is -2.42. The molecule has 0 spiro atoms. The Balaban J connectivity index is 0.000000567. The van der Waals surface area contributed by atoms with Gasteiger partial charge < -0.3 is 15.0 Å². The van der Waals surface area contributed by atoms with Gasteiger partial charge in [-0.3, -0.25) is 9.59 Å². The highest BCUT2D eigenvalue weighted by molar-refractivity contribution is 8.14. The van der Waals surface area contributed by atoms with E-state index >= 15 is 0 Å². The van der Waals surface area contributed by atoms with Crippen LogP contribution in [0.1, 0.15) is 60.3 Å². The number of hydrogen-bond acceptors (Lipinski definition) is 7. The quantitative estimate of drug-likeness (QED) is 0.672. The van der Waals surface area contributed by atoms with Crippen molar-refractivity contribution in [2.75, 3.05) is 26.2 Å². The molecule has 0 aromatic carbocycles. The van der Waals surface area contributed by atoms with Crippen molar-refractivity contribution in [1.82, 2.24) is 10.2 Å². The minimum Gasteiger partial charge on any atom is -0.444 e. The number of nitrogens with zero attached hydrogens (tertiary/aromatic N) is 1. The molecule has 1 N–H and O–H groups in total. The third-order valence-corrected chi connectivity index (χ3v) is 6.32. The Morgan fingerprint density at radius 3 is 1.71 bits per heavy atom. The van der Waals surface area contributed by atoms with E-state index in [9.17, 15) is 14.4 Å². The van der Waals surface area contributed by atoms with Crippen molar-refractivity contribution in [3.8, 4) is 0 Å². The summed E-state index contributed by atoms with van der Waals surface area (Å²) in [5.74, 6) is 0. The maximum Gasteiger partial charge on any atom is 0.410 e. The van der Waals surface area contributed by atoms with Gasteiger partial charge in [-0.25, -0.2) is 4.79 Å². The lowest BCUT2D eigenvalue weighted by molar-refractivity contribution is -0.110. The van der Waals surface area contributed by atoms with Crippen LogP contribution in [0.15, 0.2) is 0 Å². The number of ether oxygens (including phenoxy) is 1. The molecule has 164 valence electrons. The summed E-state index contributed by atoms with van der Waals surface area (Å²) in [6.45, 7) is 12.3. The molecule has 0 unspecified atom stereocenters. The first kappa shape index (κ1) is 27.6. The first-order valence-corrected chi connectivity index (χ1v) is 11.4. The molecule has 2 saturated heterocycles. The van der Waals surface area contributed by atoms with Crippen LogP contribution in [0.4, 0.5) is 4.79 Å². The fraction of sp³-hybridized carbons (Fsp3) is 0.842. The molecule has 2 heterocycles. The number of piperidine rings is 2. The molecule has 0 aromatic heterocycles. The third-order valence-electron chi connectivity index (χ3n) is 4.05. The summed E-state index contributed by atoms with van der Waals surface area (Å²) in [4.78, 5) is 35.1. The lowest BCUT2D eigenvalue weighted by Gasteiger charge is -2.32. The van der Waals surface area contributed by atoms with Gasteiger partial charge in [0.05, 0.1) is 0 Å². The van der Waals surface area contributed by atoms with Crippen molar-refractivity contribution in [2.24, 2.45) is 0 Å². The van der Waals surface area contributed by atoms with E-state index in [1.54, 1.807) is 18.7 Å². The van der Waals surface area contributed by atoms with Crippen LogP contribution in [0.25, 0.3) is 0 Å². The molecule has 28 heavy (non-hydrogen) atoms. The molecule has 0 aliphatic carbocycles. The summed E-state index contributed by atoms with van der Waals surface area (Å²) in [7, 11) is 0. The van der Waals surface area contributed by atoms with Gasteiger partial charge in [0.25, 0.3) is 0 Å². The molecule has 9 heteroatoms. The zero-order valence-electron chi connectivity index (χ0n) is 17.6. The SMILES string of the molecule is CC(=O)SC1CCN(C(=O)OC(C)(C)C)CC1.CC(=O)SC1CCNCC1.Cl. The van der Waals surface area contributed by atoms with Crippen LogP contribution >= 0.6 is 35.9 Å². The van der Waals surface area contributed by atoms with E-state index in [1.807, 2.05) is 20.8 Å². The second-order valence-corrected chi connectivity index (χ2v) is 10.8. The van der Waals surface area contributed by atoms with Crippen LogP contribution in [-0.4, -0.2) is 63.5 Å². The monoisotopic (exact) mass is 454 g/mol. The van der Waals surface area contributed by atoms with Gasteiger partial charge >= 0.3 is 6.09 Å². The Hall–Kier alpha value is -0.440. The zero-order valence-corrected chi connectivity index (χ0v) is 20.1. The van der Waals surface area contributed by atoms with Gasteiger partial charge in [0.15, 0.2) is 10.2 Å². The van der Waals surface area contributed by atoms with Crippen LogP contribution in [0.5, 0.6) is 0 Å². The van der Waals surface area contributed by atoms with E-state index in [-0.39, 0.29) is 28.7 Å². The van der Waals surface area contributed by atoms with Gasteiger partial charge in [-0.2, -0.15) is 0 Å². The number of hydrogen-bond donors (Lipinski definition) is 1. The van der Waals surface area contributed by atoms with Gasteiger partial charge in [0.1, 0.15) is 5.60 Å². The number of halogens is 1. The predicted molar refractivity (Wildman–Crippen MR) is 121 cm³/mol. The molecular formula is C19H35ClN2O4S2. The second kappa shape index (κ2) is 13.7. The van der Waals surface area contributed by atoms with E-state index in [2.05, 4.69) is 5.32 Å². The van der Waals surface area contributed by atoms with Crippen LogP contribution in [0.2, 0.25) is 0 Å². The maximum absolute atomic E-state index is 11.8. The molecule has 0 radical (unpaired) electrons. The van der Waals surface area contributed by atoms with Crippen LogP contribution in [0, 0.1) is 0 Å². The molecular weight excluding hydrogens is 420 g/mol. The topological polar surface area (TPSA) is 75.7 Å². The molecule has 1 amide bonds. The van der Waals surface area contributed by atoms with Gasteiger partial charge in [0, 0.05) is 37.4 Å². The Bertz CT molecular complexity index is 501. The number of rotatable bonds is 2. The van der Waals surface area contributed by atoms with E-state index in [1.165, 1.54) is 23.5 Å². The number of likely N-dealkylation sites (tertiary alicyclic amines) is 1. The first-order chi connectivity index (χ1) is 12.6. The molecule has 0 bridgehead atoms. The lowest BCUT2D eigenvalue weighted by atomic mass is 10.1. The number of carbonyl (C=O) groups is 3. The summed E-state index contributed by atoms with van der Waals surface area (Å²) in [6.07, 6.45) is 3.77. The summed E-state index contributed by atoms with van der Waals surface area (Å²) in [5, 5.41) is 4.61. The number of nitrogens with one attached hydrogen (secondary N) is 1. The Labute approximate surface area is 184 Å². The molecule has 2 rings (SSSR count). The second-order valence-electron chi connectivity index (χ2n) is 7.83. The molecule has 0 atom stereocenters. The van der Waals surface area contributed by atoms with Gasteiger partial charge in [-0.1, -0.05) is 23.5 Å². The summed E-state index contributed by atoms with van der Waals surface area (Å²) in [6, 6.07) is 0. The van der Waals surface area contributed by atoms with Gasteiger partial charge in [0.2, 0.25) is 0 Å². The molecule has 0 aromatic rings. The van der Waals surface area contributed by atoms with Crippen molar-refractivity contribution in [2.45, 2.75) is 76.4 Å². The minimum atomic E-state index is -0.442. The highest BCUT2D eigenvalue weighted by Gasteiger charge is 2.27. The largest absolute Gasteiger partial charge is 0.444 e. The van der Waals surface area contributed by atoms with E-state index in [0.29, 0.717) is 23.6 Å². The molecule has 2 aliphatic rings. The van der Waals surface area contributed by atoms with Crippen molar-refractivity contribution < 1.29 is 19.1 Å². The molecule has 6 nitrogen and oxygen atoms in total. The number of carbonyl (C=O) groups excluding carboxylic acids is 3. The third kappa shape index (κ3) is 12.9. The van der Waals surface area contributed by atoms with Gasteiger partial charge in [-0.15, -0.1) is 12.4 Å². The van der Waals surface area contributed by atoms with Crippen LogP contribution in [0.3, 0.4) is 0 Å². The van der Waals surface area contributed by atoms with Crippen molar-refractivity contribution >= 4 is 52.3 Å². The predicted octanol–water partition coefficient (Wildman–Crippen LogP) is 4.11. The fourth-order valence-corrected chi connectivity index (χ4v) is 4.72. The average Bonchev–Trinajstić information content (AvgIpc) is 2.54. The molecule has 0 saturated carbocycles. The Morgan fingerprint density at radius 2 is 1.32 bits per heavy atom. The van der Waals surface area contributed by atoms with E-state index in [4.69, 9.17) is 4.74 Å². The summed E-state index contributed by atoms with van der Waals surface area (Å²) < 4.78 is 5.31. The van der Waals surface area contributed by atoms with Crippen LogP contribution < -0.4 is 5.32 Å². The first-order valence-electron chi connectivity index (χ1n) is 9.60. The van der Waals surface area contributed by atoms with E-state index < -0.39 is 5.60 Å². The molecule has 2 fully saturated rings. The normalized spacial score (nSPS) is 18.4. The highest BCUT2D eigenvalue weighted by atomic mass is 35.5. The van der Waals surface area contributed by atoms with Crippen molar-refractivity contribution in [1.29, 1.82) is 0 Å². The maximum atomic E-state index is 11.8. The standard InChI is InChI=1S/C12H21NO3S.C7H13NOS.ClH/c1-9(14)17-10-5-7-13(8-6-10)11(15)16-12(2,3)4;1-6(9)10-7-2-4-8-5-3-7;/h10H,5-8H2,1-4H3;7-8H,2-5H2,1H3;1H. The number of thioether (sulfide) groups is 2. The van der Waals surface area contributed by atoms with Crippen molar-refractivity contribution in [3.05, 3.63) is 0 Å². The smallest absolute Gasteiger partial charge is 0.410 e. The van der Waals surface area contributed by atoms with Gasteiger partial charge in [-0.05, 0) is 59.5 Å². The summed E-state index contributed by atoms with van der Waals surface area (Å²) >= 11 is 2.88. The average molecular weight is 455 g/mol. The minimum absolute atomic E-state index is 0. The summed E-state index contributed by atoms with van der Waals surface area (Å²) in [5.41, 5.74) is -0.442. The Morgan fingerprint density at radius 1 is 0.893 bits per heavy atom. The zero-order chi connectivity index (χ0) is 20.4.